The molecule has 0 spiro atoms. The predicted octanol–water partition coefficient (Wildman–Crippen LogP) is 3.81. The molecule has 0 saturated carbocycles. The molecule has 0 aliphatic rings. The zero-order chi connectivity index (χ0) is 9.84. The number of hydrogen-bond acceptors (Lipinski definition) is 0. The second-order valence-electron chi connectivity index (χ2n) is 3.71. The van der Waals surface area contributed by atoms with Crippen LogP contribution in [0.25, 0.3) is 0 Å². The van der Waals surface area contributed by atoms with Gasteiger partial charge in [-0.15, -0.1) is 0 Å². The van der Waals surface area contributed by atoms with Crippen molar-refractivity contribution in [1.82, 2.24) is 0 Å². The van der Waals surface area contributed by atoms with E-state index in [0.717, 1.165) is 12.8 Å². The highest BCUT2D eigenvalue weighted by molar-refractivity contribution is 5.33. The van der Waals surface area contributed by atoms with E-state index in [9.17, 15) is 0 Å². The topological polar surface area (TPSA) is 0 Å². The first kappa shape index (κ1) is 10.0. The summed E-state index contributed by atoms with van der Waals surface area (Å²) in [6, 6.07) is 6.61. The van der Waals surface area contributed by atoms with Gasteiger partial charge in [0.05, 0.1) is 0 Å². The summed E-state index contributed by atoms with van der Waals surface area (Å²) in [7, 11) is 0. The summed E-state index contributed by atoms with van der Waals surface area (Å²) in [4.78, 5) is 0. The average Bonchev–Trinajstić information content (AvgIpc) is 2.11. The molecule has 1 aromatic carbocycles. The second-order valence-corrected chi connectivity index (χ2v) is 3.71. The van der Waals surface area contributed by atoms with Gasteiger partial charge in [-0.05, 0) is 37.8 Å². The summed E-state index contributed by atoms with van der Waals surface area (Å²) in [5.41, 5.74) is 5.45. The van der Waals surface area contributed by atoms with Gasteiger partial charge in [0.25, 0.3) is 0 Å². The van der Waals surface area contributed by atoms with Gasteiger partial charge in [-0.2, -0.15) is 0 Å². The molecular formula is C13H18. The Morgan fingerprint density at radius 1 is 1.31 bits per heavy atom. The van der Waals surface area contributed by atoms with Crippen molar-refractivity contribution in [3.05, 3.63) is 47.0 Å². The highest BCUT2D eigenvalue weighted by Crippen LogP contribution is 2.15. The van der Waals surface area contributed by atoms with Crippen molar-refractivity contribution in [2.45, 2.75) is 33.6 Å². The smallest absolute Gasteiger partial charge is 0.00672 e. The minimum absolute atomic E-state index is 1.03. The summed E-state index contributed by atoms with van der Waals surface area (Å²) >= 11 is 0. The van der Waals surface area contributed by atoms with E-state index in [4.69, 9.17) is 0 Å². The molecule has 0 atom stereocenters. The SMILES string of the molecule is C=C(CC)Cc1cc(C)ccc1C. The van der Waals surface area contributed by atoms with Crippen LogP contribution in [0.5, 0.6) is 0 Å². The number of benzene rings is 1. The lowest BCUT2D eigenvalue weighted by molar-refractivity contribution is 1.00. The van der Waals surface area contributed by atoms with Crippen LogP contribution in [-0.4, -0.2) is 0 Å². The van der Waals surface area contributed by atoms with E-state index in [1.807, 2.05) is 0 Å². The molecule has 1 rings (SSSR count). The molecule has 0 N–H and O–H groups in total. The Morgan fingerprint density at radius 3 is 2.62 bits per heavy atom. The largest absolute Gasteiger partial charge is 0.0995 e. The molecule has 0 nitrogen and oxygen atoms in total. The third-order valence-corrected chi connectivity index (χ3v) is 2.45. The molecule has 0 aliphatic heterocycles. The van der Waals surface area contributed by atoms with Gasteiger partial charge in [0.1, 0.15) is 0 Å². The van der Waals surface area contributed by atoms with Crippen molar-refractivity contribution in [2.24, 2.45) is 0 Å². The molecule has 0 heteroatoms. The molecular weight excluding hydrogens is 156 g/mol. The molecule has 13 heavy (non-hydrogen) atoms. The highest BCUT2D eigenvalue weighted by atomic mass is 14.0. The molecule has 0 saturated heterocycles. The van der Waals surface area contributed by atoms with Crippen LogP contribution in [0.4, 0.5) is 0 Å². The lowest BCUT2D eigenvalue weighted by Gasteiger charge is -2.07. The third-order valence-electron chi connectivity index (χ3n) is 2.45. The van der Waals surface area contributed by atoms with Crippen LogP contribution in [-0.2, 0) is 6.42 Å². The standard InChI is InChI=1S/C13H18/c1-5-10(2)8-13-9-11(3)6-7-12(13)4/h6-7,9H,2,5,8H2,1,3-4H3. The zero-order valence-corrected chi connectivity index (χ0v) is 8.85. The summed E-state index contributed by atoms with van der Waals surface area (Å²) in [5.74, 6) is 0. The molecule has 0 amide bonds. The first-order chi connectivity index (χ1) is 6.13. The van der Waals surface area contributed by atoms with Gasteiger partial charge < -0.3 is 0 Å². The number of rotatable bonds is 3. The van der Waals surface area contributed by atoms with Gasteiger partial charge >= 0.3 is 0 Å². The minimum atomic E-state index is 1.03. The van der Waals surface area contributed by atoms with Crippen molar-refractivity contribution >= 4 is 0 Å². The van der Waals surface area contributed by atoms with Crippen molar-refractivity contribution in [1.29, 1.82) is 0 Å². The summed E-state index contributed by atoms with van der Waals surface area (Å²) < 4.78 is 0. The van der Waals surface area contributed by atoms with Gasteiger partial charge in [-0.3, -0.25) is 0 Å². The normalized spacial score (nSPS) is 10.1. The monoisotopic (exact) mass is 174 g/mol. The molecule has 1 aromatic rings. The van der Waals surface area contributed by atoms with Gasteiger partial charge in [0, 0.05) is 0 Å². The van der Waals surface area contributed by atoms with Gasteiger partial charge in [-0.25, -0.2) is 0 Å². The van der Waals surface area contributed by atoms with E-state index in [1.54, 1.807) is 0 Å². The van der Waals surface area contributed by atoms with Crippen LogP contribution in [0.1, 0.15) is 30.0 Å². The fourth-order valence-electron chi connectivity index (χ4n) is 1.39. The maximum Gasteiger partial charge on any atom is -0.00672 e. The lowest BCUT2D eigenvalue weighted by atomic mass is 9.98. The molecule has 0 bridgehead atoms. The lowest BCUT2D eigenvalue weighted by Crippen LogP contribution is -1.92. The van der Waals surface area contributed by atoms with E-state index >= 15 is 0 Å². The first-order valence-electron chi connectivity index (χ1n) is 4.86. The Kier molecular flexibility index (Phi) is 3.30. The van der Waals surface area contributed by atoms with E-state index in [0.29, 0.717) is 0 Å². The van der Waals surface area contributed by atoms with Crippen LogP contribution in [0.2, 0.25) is 0 Å². The summed E-state index contributed by atoms with van der Waals surface area (Å²) in [6.07, 6.45) is 2.11. The maximum atomic E-state index is 4.04. The summed E-state index contributed by atoms with van der Waals surface area (Å²) in [6.45, 7) is 10.5. The van der Waals surface area contributed by atoms with E-state index in [2.05, 4.69) is 45.5 Å². The Labute approximate surface area is 81.3 Å². The van der Waals surface area contributed by atoms with Crippen LogP contribution >= 0.6 is 0 Å². The Balaban J connectivity index is 2.87. The molecule has 0 radical (unpaired) electrons. The zero-order valence-electron chi connectivity index (χ0n) is 8.85. The predicted molar refractivity (Wildman–Crippen MR) is 59.1 cm³/mol. The fourth-order valence-corrected chi connectivity index (χ4v) is 1.39. The summed E-state index contributed by atoms with van der Waals surface area (Å²) in [5, 5.41) is 0. The molecule has 0 unspecified atom stereocenters. The maximum absolute atomic E-state index is 4.04. The van der Waals surface area contributed by atoms with Crippen LogP contribution in [0, 0.1) is 13.8 Å². The molecule has 70 valence electrons. The van der Waals surface area contributed by atoms with Crippen molar-refractivity contribution in [3.63, 3.8) is 0 Å². The molecule has 0 aliphatic carbocycles. The Hall–Kier alpha value is -1.04. The number of hydrogen-bond donors (Lipinski definition) is 0. The third kappa shape index (κ3) is 2.73. The first-order valence-corrected chi connectivity index (χ1v) is 4.86. The highest BCUT2D eigenvalue weighted by Gasteiger charge is 1.99. The van der Waals surface area contributed by atoms with E-state index in [-0.39, 0.29) is 0 Å². The van der Waals surface area contributed by atoms with Crippen LogP contribution in [0.15, 0.2) is 30.4 Å². The quantitative estimate of drug-likeness (QED) is 0.611. The van der Waals surface area contributed by atoms with Gasteiger partial charge in [0.2, 0.25) is 0 Å². The van der Waals surface area contributed by atoms with Crippen molar-refractivity contribution in [2.75, 3.05) is 0 Å². The molecule has 0 heterocycles. The van der Waals surface area contributed by atoms with Gasteiger partial charge in [0.15, 0.2) is 0 Å². The van der Waals surface area contributed by atoms with Crippen LogP contribution < -0.4 is 0 Å². The number of aryl methyl sites for hydroxylation is 2. The Bertz CT molecular complexity index is 308. The average molecular weight is 174 g/mol. The Morgan fingerprint density at radius 2 is 2.00 bits per heavy atom. The van der Waals surface area contributed by atoms with E-state index in [1.165, 1.54) is 22.3 Å². The van der Waals surface area contributed by atoms with Crippen molar-refractivity contribution < 1.29 is 0 Å². The molecule has 0 fully saturated rings. The van der Waals surface area contributed by atoms with Crippen LogP contribution in [0.3, 0.4) is 0 Å². The number of allylic oxidation sites excluding steroid dienone is 1. The minimum Gasteiger partial charge on any atom is -0.0995 e. The van der Waals surface area contributed by atoms with Crippen molar-refractivity contribution in [3.8, 4) is 0 Å². The molecule has 0 aromatic heterocycles. The van der Waals surface area contributed by atoms with E-state index < -0.39 is 0 Å². The fraction of sp³-hybridized carbons (Fsp3) is 0.385. The van der Waals surface area contributed by atoms with Gasteiger partial charge in [-0.1, -0.05) is 42.8 Å². The second kappa shape index (κ2) is 4.27.